The number of hydrogen-bond acceptors (Lipinski definition) is 6. The second-order valence-corrected chi connectivity index (χ2v) is 7.24. The van der Waals surface area contributed by atoms with Crippen LogP contribution in [0.2, 0.25) is 0 Å². The molecular formula is C14H23N3O2S. The number of piperazine rings is 1. The predicted octanol–water partition coefficient (Wildman–Crippen LogP) is 2.15. The molecule has 1 aliphatic rings. The van der Waals surface area contributed by atoms with Crippen LogP contribution in [-0.2, 0) is 16.2 Å². The minimum atomic E-state index is -0.457. The van der Waals surface area contributed by atoms with E-state index in [1.54, 1.807) is 16.4 Å². The van der Waals surface area contributed by atoms with Gasteiger partial charge in [-0.15, -0.1) is 16.4 Å². The van der Waals surface area contributed by atoms with E-state index < -0.39 is 5.41 Å². The molecule has 1 atom stereocenters. The number of carbonyl (C=O) groups is 1. The third-order valence-corrected chi connectivity index (χ3v) is 4.14. The average molecular weight is 297 g/mol. The third-order valence-electron chi connectivity index (χ3n) is 3.37. The molecule has 2 heterocycles. The van der Waals surface area contributed by atoms with Gasteiger partial charge >= 0.3 is 5.97 Å². The summed E-state index contributed by atoms with van der Waals surface area (Å²) in [5.74, 6) is -0.168. The van der Waals surface area contributed by atoms with Gasteiger partial charge in [-0.1, -0.05) is 0 Å². The summed E-state index contributed by atoms with van der Waals surface area (Å²) in [5, 5.41) is 4.93. The van der Waals surface area contributed by atoms with Crippen molar-refractivity contribution in [1.29, 1.82) is 0 Å². The maximum Gasteiger partial charge on any atom is 0.330 e. The van der Waals surface area contributed by atoms with Crippen LogP contribution >= 0.6 is 11.3 Å². The molecule has 0 bridgehead atoms. The number of hydrogen-bond donors (Lipinski definition) is 0. The van der Waals surface area contributed by atoms with Gasteiger partial charge in [-0.25, -0.2) is 9.78 Å². The lowest BCUT2D eigenvalue weighted by molar-refractivity contribution is -0.211. The quantitative estimate of drug-likeness (QED) is 0.855. The average Bonchev–Trinajstić information content (AvgIpc) is 2.84. The Labute approximate surface area is 124 Å². The fraction of sp³-hybridized carbons (Fsp3) is 0.714. The highest BCUT2D eigenvalue weighted by atomic mass is 32.1. The van der Waals surface area contributed by atoms with E-state index in [1.165, 1.54) is 0 Å². The summed E-state index contributed by atoms with van der Waals surface area (Å²) in [6.45, 7) is 11.0. The van der Waals surface area contributed by atoms with E-state index in [1.807, 2.05) is 32.3 Å². The van der Waals surface area contributed by atoms with Gasteiger partial charge in [0.1, 0.15) is 5.01 Å². The van der Waals surface area contributed by atoms with Gasteiger partial charge in [0.15, 0.2) is 0 Å². The molecule has 1 saturated heterocycles. The molecule has 112 valence electrons. The molecule has 6 heteroatoms. The third kappa shape index (κ3) is 4.01. The van der Waals surface area contributed by atoms with Gasteiger partial charge in [0.2, 0.25) is 0 Å². The second-order valence-electron chi connectivity index (χ2n) is 6.26. The fourth-order valence-corrected chi connectivity index (χ4v) is 2.68. The Bertz CT molecular complexity index is 442. The minimum Gasteiger partial charge on any atom is -0.367 e. The topological polar surface area (TPSA) is 45.7 Å². The van der Waals surface area contributed by atoms with Gasteiger partial charge in [-0.05, 0) is 27.7 Å². The summed E-state index contributed by atoms with van der Waals surface area (Å²) in [4.78, 5) is 24.1. The van der Waals surface area contributed by atoms with Crippen molar-refractivity contribution in [2.45, 2.75) is 40.3 Å². The molecular weight excluding hydrogens is 274 g/mol. The molecule has 0 aliphatic carbocycles. The number of thiazole rings is 1. The fourth-order valence-electron chi connectivity index (χ4n) is 2.04. The Morgan fingerprint density at radius 1 is 1.50 bits per heavy atom. The van der Waals surface area contributed by atoms with Gasteiger partial charge in [-0.2, -0.15) is 0 Å². The van der Waals surface area contributed by atoms with E-state index in [9.17, 15) is 4.79 Å². The first-order valence-corrected chi connectivity index (χ1v) is 7.84. The van der Waals surface area contributed by atoms with Crippen LogP contribution < -0.4 is 0 Å². The van der Waals surface area contributed by atoms with E-state index in [2.05, 4.69) is 16.8 Å². The van der Waals surface area contributed by atoms with Gasteiger partial charge in [0, 0.05) is 30.7 Å². The summed E-state index contributed by atoms with van der Waals surface area (Å²) in [5.41, 5.74) is -0.457. The number of aromatic nitrogens is 1. The molecule has 0 aromatic carbocycles. The highest BCUT2D eigenvalue weighted by Crippen LogP contribution is 2.19. The lowest BCUT2D eigenvalue weighted by Crippen LogP contribution is -2.52. The Balaban J connectivity index is 1.84. The number of hydroxylamine groups is 2. The Morgan fingerprint density at radius 2 is 2.25 bits per heavy atom. The summed E-state index contributed by atoms with van der Waals surface area (Å²) in [6, 6.07) is 0.348. The van der Waals surface area contributed by atoms with Crippen molar-refractivity contribution in [3.63, 3.8) is 0 Å². The summed E-state index contributed by atoms with van der Waals surface area (Å²) in [6.07, 6.45) is 1.84. The lowest BCUT2D eigenvalue weighted by Gasteiger charge is -2.38. The van der Waals surface area contributed by atoms with Crippen molar-refractivity contribution < 1.29 is 9.63 Å². The van der Waals surface area contributed by atoms with Gasteiger partial charge in [-0.3, -0.25) is 4.90 Å². The van der Waals surface area contributed by atoms with Crippen LogP contribution in [0.1, 0.15) is 32.7 Å². The van der Waals surface area contributed by atoms with Gasteiger partial charge in [0.25, 0.3) is 0 Å². The number of rotatable bonds is 3. The molecule has 1 unspecified atom stereocenters. The zero-order chi connectivity index (χ0) is 14.8. The van der Waals surface area contributed by atoms with E-state index in [0.29, 0.717) is 6.04 Å². The highest BCUT2D eigenvalue weighted by molar-refractivity contribution is 7.09. The van der Waals surface area contributed by atoms with Crippen molar-refractivity contribution >= 4 is 17.3 Å². The van der Waals surface area contributed by atoms with Crippen molar-refractivity contribution in [2.75, 3.05) is 19.6 Å². The van der Waals surface area contributed by atoms with Gasteiger partial charge < -0.3 is 4.84 Å². The second kappa shape index (κ2) is 6.20. The largest absolute Gasteiger partial charge is 0.367 e. The first kappa shape index (κ1) is 15.4. The summed E-state index contributed by atoms with van der Waals surface area (Å²) in [7, 11) is 0. The van der Waals surface area contributed by atoms with Crippen molar-refractivity contribution in [3.05, 3.63) is 16.6 Å². The zero-order valence-corrected chi connectivity index (χ0v) is 13.4. The minimum absolute atomic E-state index is 0.168. The normalized spacial score (nSPS) is 21.9. The zero-order valence-electron chi connectivity index (χ0n) is 12.6. The molecule has 0 saturated carbocycles. The molecule has 1 fully saturated rings. The maximum atomic E-state index is 11.9. The van der Waals surface area contributed by atoms with Crippen molar-refractivity contribution in [3.8, 4) is 0 Å². The number of carbonyl (C=O) groups excluding carboxylic acids is 1. The Kier molecular flexibility index (Phi) is 4.78. The molecule has 1 aromatic heterocycles. The standard InChI is InChI=1S/C14H23N3O2S/c1-11-9-17(19-13(18)14(2,3)4)7-6-16(11)10-12-15-5-8-20-12/h5,8,11H,6-7,9-10H2,1-4H3. The Hall–Kier alpha value is -0.980. The van der Waals surface area contributed by atoms with Gasteiger partial charge in [0.05, 0.1) is 18.5 Å². The van der Waals surface area contributed by atoms with Crippen LogP contribution in [0, 0.1) is 5.41 Å². The highest BCUT2D eigenvalue weighted by Gasteiger charge is 2.30. The van der Waals surface area contributed by atoms with Crippen LogP contribution in [0.5, 0.6) is 0 Å². The lowest BCUT2D eigenvalue weighted by atomic mass is 9.98. The molecule has 0 amide bonds. The molecule has 20 heavy (non-hydrogen) atoms. The molecule has 1 aliphatic heterocycles. The van der Waals surface area contributed by atoms with Crippen LogP contribution in [0.3, 0.4) is 0 Å². The molecule has 0 N–H and O–H groups in total. The van der Waals surface area contributed by atoms with Crippen molar-refractivity contribution in [2.24, 2.45) is 5.41 Å². The summed E-state index contributed by atoms with van der Waals surface area (Å²) < 4.78 is 0. The maximum absolute atomic E-state index is 11.9. The van der Waals surface area contributed by atoms with Crippen LogP contribution in [-0.4, -0.2) is 46.6 Å². The molecule has 0 radical (unpaired) electrons. The first-order chi connectivity index (χ1) is 9.36. The van der Waals surface area contributed by atoms with E-state index in [-0.39, 0.29) is 5.97 Å². The molecule has 5 nitrogen and oxygen atoms in total. The van der Waals surface area contributed by atoms with Crippen LogP contribution in [0.25, 0.3) is 0 Å². The SMILES string of the molecule is CC1CN(OC(=O)C(C)(C)C)CCN1Cc1nccs1. The monoisotopic (exact) mass is 297 g/mol. The molecule has 0 spiro atoms. The van der Waals surface area contributed by atoms with E-state index in [4.69, 9.17) is 4.84 Å². The smallest absolute Gasteiger partial charge is 0.330 e. The van der Waals surface area contributed by atoms with Crippen LogP contribution in [0.4, 0.5) is 0 Å². The predicted molar refractivity (Wildman–Crippen MR) is 79.1 cm³/mol. The van der Waals surface area contributed by atoms with E-state index >= 15 is 0 Å². The molecule has 2 rings (SSSR count). The first-order valence-electron chi connectivity index (χ1n) is 6.96. The summed E-state index contributed by atoms with van der Waals surface area (Å²) >= 11 is 1.68. The van der Waals surface area contributed by atoms with Crippen LogP contribution in [0.15, 0.2) is 11.6 Å². The number of nitrogens with zero attached hydrogens (tertiary/aromatic N) is 3. The Morgan fingerprint density at radius 3 is 2.80 bits per heavy atom. The molecule has 1 aromatic rings. The van der Waals surface area contributed by atoms with E-state index in [0.717, 1.165) is 31.2 Å². The van der Waals surface area contributed by atoms with Crippen molar-refractivity contribution in [1.82, 2.24) is 14.9 Å².